The predicted octanol–water partition coefficient (Wildman–Crippen LogP) is 2.28. The van der Waals surface area contributed by atoms with Crippen LogP contribution in [0.15, 0.2) is 23.8 Å². The molecule has 17 heavy (non-hydrogen) atoms. The Balaban J connectivity index is 1.92. The van der Waals surface area contributed by atoms with Gasteiger partial charge in [0.1, 0.15) is 5.01 Å². The lowest BCUT2D eigenvalue weighted by atomic mass is 10.1. The van der Waals surface area contributed by atoms with E-state index in [4.69, 9.17) is 0 Å². The Morgan fingerprint density at radius 2 is 2.24 bits per heavy atom. The van der Waals surface area contributed by atoms with Crippen molar-refractivity contribution in [2.75, 3.05) is 0 Å². The van der Waals surface area contributed by atoms with Crippen LogP contribution in [0.5, 0.6) is 0 Å². The minimum absolute atomic E-state index is 0.124. The Morgan fingerprint density at radius 3 is 2.88 bits per heavy atom. The van der Waals surface area contributed by atoms with Gasteiger partial charge in [-0.05, 0) is 26.8 Å². The highest BCUT2D eigenvalue weighted by Gasteiger charge is 2.09. The minimum atomic E-state index is 0.124. The van der Waals surface area contributed by atoms with E-state index in [-0.39, 0.29) is 5.54 Å². The number of aromatic nitrogens is 3. The fourth-order valence-electron chi connectivity index (χ4n) is 1.41. The molecule has 0 aliphatic heterocycles. The van der Waals surface area contributed by atoms with E-state index in [1.165, 1.54) is 0 Å². The lowest BCUT2D eigenvalue weighted by Gasteiger charge is -2.19. The topological polar surface area (TPSA) is 42.7 Å². The number of thiazole rings is 1. The first-order chi connectivity index (χ1) is 8.03. The van der Waals surface area contributed by atoms with Gasteiger partial charge in [-0.3, -0.25) is 4.68 Å². The van der Waals surface area contributed by atoms with Crippen molar-refractivity contribution in [3.05, 3.63) is 34.5 Å². The number of nitrogens with one attached hydrogen (secondary N) is 1. The van der Waals surface area contributed by atoms with Crippen molar-refractivity contribution in [1.82, 2.24) is 20.1 Å². The van der Waals surface area contributed by atoms with Gasteiger partial charge in [-0.25, -0.2) is 4.98 Å². The van der Waals surface area contributed by atoms with Crippen LogP contribution in [0.1, 0.15) is 31.5 Å². The molecule has 0 aliphatic carbocycles. The molecule has 0 aliphatic rings. The number of hydrogen-bond acceptors (Lipinski definition) is 4. The van der Waals surface area contributed by atoms with E-state index in [1.54, 1.807) is 11.3 Å². The summed E-state index contributed by atoms with van der Waals surface area (Å²) < 4.78 is 1.93. The Morgan fingerprint density at radius 1 is 1.41 bits per heavy atom. The molecule has 92 valence electrons. The largest absolute Gasteiger partial charge is 0.306 e. The second-order valence-electron chi connectivity index (χ2n) is 5.03. The monoisotopic (exact) mass is 250 g/mol. The van der Waals surface area contributed by atoms with Crippen molar-refractivity contribution >= 4 is 11.3 Å². The van der Waals surface area contributed by atoms with Gasteiger partial charge in [0.05, 0.1) is 12.2 Å². The van der Waals surface area contributed by atoms with E-state index >= 15 is 0 Å². The van der Waals surface area contributed by atoms with Gasteiger partial charge in [0.25, 0.3) is 0 Å². The van der Waals surface area contributed by atoms with Crippen molar-refractivity contribution in [1.29, 1.82) is 0 Å². The summed E-state index contributed by atoms with van der Waals surface area (Å²) in [5, 5.41) is 11.0. The SMILES string of the molecule is CC(C)(C)NCc1ccn(Cc2nccs2)n1. The maximum Gasteiger partial charge on any atom is 0.114 e. The van der Waals surface area contributed by atoms with E-state index in [2.05, 4.69) is 36.2 Å². The molecule has 5 heteroatoms. The van der Waals surface area contributed by atoms with Gasteiger partial charge < -0.3 is 5.32 Å². The van der Waals surface area contributed by atoms with Crippen LogP contribution in [0.25, 0.3) is 0 Å². The summed E-state index contributed by atoms with van der Waals surface area (Å²) in [6.45, 7) is 8.01. The molecule has 0 radical (unpaired) electrons. The zero-order valence-corrected chi connectivity index (χ0v) is 11.3. The summed E-state index contributed by atoms with van der Waals surface area (Å²) >= 11 is 1.66. The quantitative estimate of drug-likeness (QED) is 0.905. The van der Waals surface area contributed by atoms with E-state index in [0.29, 0.717) is 0 Å². The third-order valence-corrected chi connectivity index (χ3v) is 3.04. The molecule has 1 N–H and O–H groups in total. The van der Waals surface area contributed by atoms with Crippen molar-refractivity contribution in [3.63, 3.8) is 0 Å². The van der Waals surface area contributed by atoms with Gasteiger partial charge in [0.15, 0.2) is 0 Å². The first-order valence-electron chi connectivity index (χ1n) is 5.69. The van der Waals surface area contributed by atoms with Crippen molar-refractivity contribution in [3.8, 4) is 0 Å². The number of rotatable bonds is 4. The molecule has 4 nitrogen and oxygen atoms in total. The number of hydrogen-bond donors (Lipinski definition) is 1. The number of nitrogens with zero attached hydrogens (tertiary/aromatic N) is 3. The normalized spacial score (nSPS) is 11.9. The van der Waals surface area contributed by atoms with Gasteiger partial charge in [-0.2, -0.15) is 5.10 Å². The second kappa shape index (κ2) is 4.98. The molecule has 0 saturated heterocycles. The zero-order valence-electron chi connectivity index (χ0n) is 10.5. The van der Waals surface area contributed by atoms with E-state index in [0.717, 1.165) is 23.8 Å². The summed E-state index contributed by atoms with van der Waals surface area (Å²) in [5.41, 5.74) is 1.19. The van der Waals surface area contributed by atoms with Crippen LogP contribution in [-0.2, 0) is 13.1 Å². The predicted molar refractivity (Wildman–Crippen MR) is 70.0 cm³/mol. The summed E-state index contributed by atoms with van der Waals surface area (Å²) in [4.78, 5) is 4.25. The summed E-state index contributed by atoms with van der Waals surface area (Å²) in [6.07, 6.45) is 3.83. The highest BCUT2D eigenvalue weighted by molar-refractivity contribution is 7.09. The Bertz CT molecular complexity index is 453. The third-order valence-electron chi connectivity index (χ3n) is 2.28. The fourth-order valence-corrected chi connectivity index (χ4v) is 2.02. The summed E-state index contributed by atoms with van der Waals surface area (Å²) in [6, 6.07) is 2.05. The Kier molecular flexibility index (Phi) is 3.59. The molecule has 0 fully saturated rings. The van der Waals surface area contributed by atoms with Crippen LogP contribution < -0.4 is 5.32 Å². The molecule has 0 unspecified atom stereocenters. The Labute approximate surface area is 106 Å². The van der Waals surface area contributed by atoms with Crippen LogP contribution in [0.2, 0.25) is 0 Å². The summed E-state index contributed by atoms with van der Waals surface area (Å²) in [5.74, 6) is 0. The van der Waals surface area contributed by atoms with Gasteiger partial charge >= 0.3 is 0 Å². The van der Waals surface area contributed by atoms with E-state index in [1.807, 2.05) is 28.5 Å². The van der Waals surface area contributed by atoms with Crippen molar-refractivity contribution < 1.29 is 0 Å². The first-order valence-corrected chi connectivity index (χ1v) is 6.57. The van der Waals surface area contributed by atoms with E-state index in [9.17, 15) is 0 Å². The molecular weight excluding hydrogens is 232 g/mol. The highest BCUT2D eigenvalue weighted by Crippen LogP contribution is 2.07. The lowest BCUT2D eigenvalue weighted by molar-refractivity contribution is 0.419. The third kappa shape index (κ3) is 3.94. The maximum absolute atomic E-state index is 4.51. The molecule has 0 atom stereocenters. The Hall–Kier alpha value is -1.20. The maximum atomic E-state index is 4.51. The van der Waals surface area contributed by atoms with Crippen LogP contribution in [0.3, 0.4) is 0 Å². The molecule has 2 aromatic heterocycles. The minimum Gasteiger partial charge on any atom is -0.306 e. The second-order valence-corrected chi connectivity index (χ2v) is 6.01. The molecule has 0 aromatic carbocycles. The van der Waals surface area contributed by atoms with Crippen LogP contribution in [0, 0.1) is 0 Å². The molecule has 0 amide bonds. The van der Waals surface area contributed by atoms with Gasteiger partial charge in [-0.1, -0.05) is 0 Å². The molecule has 0 spiro atoms. The van der Waals surface area contributed by atoms with Crippen LogP contribution in [-0.4, -0.2) is 20.3 Å². The molecule has 0 saturated carbocycles. The molecule has 2 heterocycles. The standard InChI is InChI=1S/C12H18N4S/c1-12(2,3)14-8-10-4-6-16(15-10)9-11-13-5-7-17-11/h4-7,14H,8-9H2,1-3H3. The van der Waals surface area contributed by atoms with Crippen LogP contribution >= 0.6 is 11.3 Å². The molecule has 0 bridgehead atoms. The van der Waals surface area contributed by atoms with Crippen LogP contribution in [0.4, 0.5) is 0 Å². The summed E-state index contributed by atoms with van der Waals surface area (Å²) in [7, 11) is 0. The van der Waals surface area contributed by atoms with E-state index < -0.39 is 0 Å². The average molecular weight is 250 g/mol. The van der Waals surface area contributed by atoms with Gasteiger partial charge in [0, 0.05) is 29.9 Å². The molecule has 2 rings (SSSR count). The zero-order chi connectivity index (χ0) is 12.3. The fraction of sp³-hybridized carbons (Fsp3) is 0.500. The van der Waals surface area contributed by atoms with Crippen molar-refractivity contribution in [2.24, 2.45) is 0 Å². The highest BCUT2D eigenvalue weighted by atomic mass is 32.1. The van der Waals surface area contributed by atoms with Gasteiger partial charge in [0.2, 0.25) is 0 Å². The van der Waals surface area contributed by atoms with Gasteiger partial charge in [-0.15, -0.1) is 11.3 Å². The smallest absolute Gasteiger partial charge is 0.114 e. The molecule has 2 aromatic rings. The molecular formula is C12H18N4S. The first kappa shape index (κ1) is 12.3. The lowest BCUT2D eigenvalue weighted by Crippen LogP contribution is -2.35. The average Bonchev–Trinajstić information content (AvgIpc) is 2.86. The van der Waals surface area contributed by atoms with Crippen molar-refractivity contribution in [2.45, 2.75) is 39.4 Å².